The van der Waals surface area contributed by atoms with Gasteiger partial charge in [-0.1, -0.05) is 18.2 Å². The second kappa shape index (κ2) is 8.86. The number of non-ortho nitro benzene ring substituents is 1. The van der Waals surface area contributed by atoms with Crippen LogP contribution in [0.25, 0.3) is 0 Å². The molecule has 3 rings (SSSR count). The van der Waals surface area contributed by atoms with Crippen molar-refractivity contribution in [3.8, 4) is 0 Å². The number of sulfonamides is 1. The van der Waals surface area contributed by atoms with Gasteiger partial charge < -0.3 is 4.74 Å². The average Bonchev–Trinajstić information content (AvgIpc) is 2.68. The van der Waals surface area contributed by atoms with E-state index < -0.39 is 20.8 Å². The number of rotatable bonds is 6. The van der Waals surface area contributed by atoms with Crippen LogP contribution in [0, 0.1) is 15.9 Å². The first-order valence-corrected chi connectivity index (χ1v) is 10.6. The van der Waals surface area contributed by atoms with Gasteiger partial charge in [0.15, 0.2) is 0 Å². The van der Waals surface area contributed by atoms with Crippen molar-refractivity contribution < 1.29 is 22.5 Å². The van der Waals surface area contributed by atoms with Crippen LogP contribution in [0.5, 0.6) is 0 Å². The normalized spacial score (nSPS) is 20.4. The quantitative estimate of drug-likeness (QED) is 0.423. The molecule has 11 heteroatoms. The molecule has 1 saturated heterocycles. The second-order valence-corrected chi connectivity index (χ2v) is 8.81. The highest BCUT2D eigenvalue weighted by Gasteiger charge is 2.34. The first kappa shape index (κ1) is 21.8. The maximum Gasteiger partial charge on any atom is 0.270 e. The predicted octanol–water partition coefficient (Wildman–Crippen LogP) is 2.98. The number of nitro benzene ring substituents is 1. The summed E-state index contributed by atoms with van der Waals surface area (Å²) >= 11 is 0. The molecular weight excluding hydrogens is 415 g/mol. The van der Waals surface area contributed by atoms with Crippen LogP contribution < -0.4 is 5.43 Å². The number of ether oxygens (including phenoxy) is 1. The fraction of sp³-hybridized carbons (Fsp3) is 0.316. The summed E-state index contributed by atoms with van der Waals surface area (Å²) < 4.78 is 47.1. The van der Waals surface area contributed by atoms with Crippen molar-refractivity contribution >= 4 is 27.6 Å². The number of benzene rings is 2. The van der Waals surface area contributed by atoms with Gasteiger partial charge in [0.25, 0.3) is 5.69 Å². The molecule has 2 atom stereocenters. The Morgan fingerprint density at radius 1 is 1.23 bits per heavy atom. The molecular formula is C19H21FN4O5S. The Labute approximate surface area is 173 Å². The van der Waals surface area contributed by atoms with Crippen molar-refractivity contribution in [3.63, 3.8) is 0 Å². The second-order valence-electron chi connectivity index (χ2n) is 6.91. The molecule has 0 saturated carbocycles. The molecule has 30 heavy (non-hydrogen) atoms. The highest BCUT2D eigenvalue weighted by atomic mass is 32.2. The van der Waals surface area contributed by atoms with Crippen LogP contribution in [0.2, 0.25) is 0 Å². The summed E-state index contributed by atoms with van der Waals surface area (Å²) in [5.74, 6) is -0.490. The summed E-state index contributed by atoms with van der Waals surface area (Å²) in [4.78, 5) is 10.2. The van der Waals surface area contributed by atoms with Crippen LogP contribution in [-0.4, -0.2) is 49.2 Å². The molecule has 0 radical (unpaired) electrons. The molecule has 1 heterocycles. The first-order valence-electron chi connectivity index (χ1n) is 9.16. The molecule has 2 aromatic rings. The van der Waals surface area contributed by atoms with Gasteiger partial charge in [0.2, 0.25) is 10.0 Å². The molecule has 0 aliphatic carbocycles. The van der Waals surface area contributed by atoms with Gasteiger partial charge in [-0.15, -0.1) is 0 Å². The topological polar surface area (TPSA) is 114 Å². The Morgan fingerprint density at radius 2 is 1.90 bits per heavy atom. The van der Waals surface area contributed by atoms with Gasteiger partial charge in [-0.25, -0.2) is 12.8 Å². The van der Waals surface area contributed by atoms with E-state index in [-0.39, 0.29) is 47.1 Å². The highest BCUT2D eigenvalue weighted by molar-refractivity contribution is 7.89. The van der Waals surface area contributed by atoms with Crippen molar-refractivity contribution in [2.24, 2.45) is 5.10 Å². The van der Waals surface area contributed by atoms with Gasteiger partial charge >= 0.3 is 0 Å². The fourth-order valence-corrected chi connectivity index (χ4v) is 4.90. The molecule has 0 spiro atoms. The number of nitro groups is 1. The third-order valence-electron chi connectivity index (χ3n) is 4.47. The summed E-state index contributed by atoms with van der Waals surface area (Å²) in [6.07, 6.45) is 0.557. The lowest BCUT2D eigenvalue weighted by Gasteiger charge is -2.34. The van der Waals surface area contributed by atoms with Gasteiger partial charge in [-0.05, 0) is 26.0 Å². The monoisotopic (exact) mass is 436 g/mol. The van der Waals surface area contributed by atoms with E-state index in [0.29, 0.717) is 0 Å². The van der Waals surface area contributed by atoms with Gasteiger partial charge in [0.05, 0.1) is 29.0 Å². The third-order valence-corrected chi connectivity index (χ3v) is 6.35. The molecule has 0 amide bonds. The third kappa shape index (κ3) is 4.81. The number of halogens is 1. The molecule has 9 nitrogen and oxygen atoms in total. The number of hydrazone groups is 1. The number of hydrogen-bond donors (Lipinski definition) is 1. The Hall–Kier alpha value is -2.89. The molecule has 1 N–H and O–H groups in total. The number of hydrogen-bond acceptors (Lipinski definition) is 7. The Kier molecular flexibility index (Phi) is 6.44. The zero-order valence-electron chi connectivity index (χ0n) is 16.4. The maximum absolute atomic E-state index is 13.7. The van der Waals surface area contributed by atoms with Gasteiger partial charge in [0, 0.05) is 30.8 Å². The molecule has 1 aliphatic rings. The lowest BCUT2D eigenvalue weighted by molar-refractivity contribution is -0.385. The van der Waals surface area contributed by atoms with E-state index in [0.717, 1.165) is 6.07 Å². The SMILES string of the molecule is C[C@@H]1CN(S(=O)(=O)c2cc([N+](=O)[O-])ccc2N/N=C\c2ccccc2F)C[C@H](C)O1. The molecule has 1 aliphatic heterocycles. The summed E-state index contributed by atoms with van der Waals surface area (Å²) in [7, 11) is -4.08. The molecule has 1 fully saturated rings. The molecule has 0 bridgehead atoms. The number of morpholine rings is 1. The largest absolute Gasteiger partial charge is 0.373 e. The summed E-state index contributed by atoms with van der Waals surface area (Å²) in [6, 6.07) is 9.36. The van der Waals surface area contributed by atoms with Crippen molar-refractivity contribution in [2.75, 3.05) is 18.5 Å². The van der Waals surface area contributed by atoms with Crippen LogP contribution >= 0.6 is 0 Å². The minimum Gasteiger partial charge on any atom is -0.373 e. The highest BCUT2D eigenvalue weighted by Crippen LogP contribution is 2.30. The van der Waals surface area contributed by atoms with Crippen molar-refractivity contribution in [1.29, 1.82) is 0 Å². The van der Waals surface area contributed by atoms with E-state index in [2.05, 4.69) is 10.5 Å². The first-order chi connectivity index (χ1) is 14.2. The van der Waals surface area contributed by atoms with E-state index >= 15 is 0 Å². The zero-order valence-corrected chi connectivity index (χ0v) is 17.2. The fourth-order valence-electron chi connectivity index (χ4n) is 3.15. The van der Waals surface area contributed by atoms with Crippen molar-refractivity contribution in [2.45, 2.75) is 31.0 Å². The predicted molar refractivity (Wildman–Crippen MR) is 109 cm³/mol. The van der Waals surface area contributed by atoms with Gasteiger partial charge in [-0.2, -0.15) is 9.41 Å². The zero-order chi connectivity index (χ0) is 21.9. The van der Waals surface area contributed by atoms with Crippen molar-refractivity contribution in [3.05, 3.63) is 64.0 Å². The molecule has 2 aromatic carbocycles. The van der Waals surface area contributed by atoms with Crippen LogP contribution in [0.1, 0.15) is 19.4 Å². The molecule has 160 valence electrons. The smallest absolute Gasteiger partial charge is 0.270 e. The number of nitrogens with one attached hydrogen (secondary N) is 1. The van der Waals surface area contributed by atoms with Gasteiger partial charge in [0.1, 0.15) is 10.7 Å². The van der Waals surface area contributed by atoms with E-state index in [9.17, 15) is 22.9 Å². The summed E-state index contributed by atoms with van der Waals surface area (Å²) in [6.45, 7) is 3.74. The van der Waals surface area contributed by atoms with Crippen molar-refractivity contribution in [1.82, 2.24) is 4.31 Å². The lowest BCUT2D eigenvalue weighted by atomic mass is 10.2. The minimum absolute atomic E-state index is 0.0417. The van der Waals surface area contributed by atoms with Crippen LogP contribution in [0.4, 0.5) is 15.8 Å². The number of nitrogens with zero attached hydrogens (tertiary/aromatic N) is 3. The van der Waals surface area contributed by atoms with E-state index in [1.807, 2.05) is 0 Å². The Morgan fingerprint density at radius 3 is 2.53 bits per heavy atom. The molecule has 0 unspecified atom stereocenters. The van der Waals surface area contributed by atoms with Crippen LogP contribution in [0.15, 0.2) is 52.5 Å². The number of anilines is 1. The lowest BCUT2D eigenvalue weighted by Crippen LogP contribution is -2.48. The van der Waals surface area contributed by atoms with E-state index in [4.69, 9.17) is 4.74 Å². The van der Waals surface area contributed by atoms with Gasteiger partial charge in [-0.3, -0.25) is 15.5 Å². The summed E-state index contributed by atoms with van der Waals surface area (Å²) in [5.41, 5.74) is 2.44. The van der Waals surface area contributed by atoms with Crippen LogP contribution in [0.3, 0.4) is 0 Å². The standard InChI is InChI=1S/C19H21FN4O5S/c1-13-11-23(12-14(2)29-13)30(27,28)19-9-16(24(25)26)7-8-18(19)22-21-10-15-5-3-4-6-17(15)20/h3-10,13-14,22H,11-12H2,1-2H3/b21-10-/t13-,14+. The molecule has 0 aromatic heterocycles. The maximum atomic E-state index is 13.7. The van der Waals surface area contributed by atoms with E-state index in [1.54, 1.807) is 19.9 Å². The Balaban J connectivity index is 1.96. The minimum atomic E-state index is -4.08. The Bertz CT molecular complexity index is 1070. The summed E-state index contributed by atoms with van der Waals surface area (Å²) in [5, 5.41) is 15.1. The average molecular weight is 436 g/mol. The van der Waals surface area contributed by atoms with Crippen LogP contribution in [-0.2, 0) is 14.8 Å². The van der Waals surface area contributed by atoms with E-state index in [1.165, 1.54) is 40.9 Å².